The van der Waals surface area contributed by atoms with Gasteiger partial charge in [-0.2, -0.15) is 0 Å². The lowest BCUT2D eigenvalue weighted by molar-refractivity contribution is -0.136. The molecule has 2 rings (SSSR count). The number of amides is 1. The largest absolute Gasteiger partial charge is 0.388 e. The molecule has 1 saturated heterocycles. The number of carbonyl (C=O) groups excluding carboxylic acids is 1. The van der Waals surface area contributed by atoms with Crippen molar-refractivity contribution >= 4 is 5.91 Å². The van der Waals surface area contributed by atoms with Gasteiger partial charge in [-0.1, -0.05) is 29.8 Å². The van der Waals surface area contributed by atoms with Crippen LogP contribution in [0.1, 0.15) is 30.4 Å². The van der Waals surface area contributed by atoms with Crippen LogP contribution in [0.4, 0.5) is 0 Å². The van der Waals surface area contributed by atoms with E-state index in [0.717, 1.165) is 6.42 Å². The van der Waals surface area contributed by atoms with Gasteiger partial charge in [0.2, 0.25) is 5.91 Å². The molecule has 1 N–H and O–H groups in total. The fourth-order valence-corrected chi connectivity index (χ4v) is 2.75. The lowest BCUT2D eigenvalue weighted by Crippen LogP contribution is -2.47. The number of hydrogen-bond acceptors (Lipinski definition) is 3. The van der Waals surface area contributed by atoms with E-state index in [4.69, 9.17) is 4.74 Å². The van der Waals surface area contributed by atoms with Crippen molar-refractivity contribution in [2.24, 2.45) is 0 Å². The highest BCUT2D eigenvalue weighted by Gasteiger charge is 2.32. The van der Waals surface area contributed by atoms with Gasteiger partial charge in [0, 0.05) is 46.1 Å². The lowest BCUT2D eigenvalue weighted by atomic mass is 9.94. The summed E-state index contributed by atoms with van der Waals surface area (Å²) in [6, 6.07) is 8.23. The summed E-state index contributed by atoms with van der Waals surface area (Å²) in [7, 11) is 1.77. The number of nitrogens with zero attached hydrogens (tertiary/aromatic N) is 1. The molecule has 0 unspecified atom stereocenters. The van der Waals surface area contributed by atoms with Crippen molar-refractivity contribution < 1.29 is 14.6 Å². The van der Waals surface area contributed by atoms with Crippen LogP contribution >= 0.6 is 0 Å². The van der Waals surface area contributed by atoms with Gasteiger partial charge >= 0.3 is 0 Å². The van der Waals surface area contributed by atoms with Crippen molar-refractivity contribution in [2.45, 2.75) is 38.2 Å². The van der Waals surface area contributed by atoms with Gasteiger partial charge < -0.3 is 14.7 Å². The maximum absolute atomic E-state index is 12.2. The summed E-state index contributed by atoms with van der Waals surface area (Å²) in [5.41, 5.74) is 1.61. The van der Waals surface area contributed by atoms with Crippen LogP contribution in [0.2, 0.25) is 0 Å². The monoisotopic (exact) mass is 291 g/mol. The van der Waals surface area contributed by atoms with Gasteiger partial charge in [0.1, 0.15) is 0 Å². The molecule has 4 heteroatoms. The van der Waals surface area contributed by atoms with E-state index in [1.807, 2.05) is 12.1 Å². The highest BCUT2D eigenvalue weighted by molar-refractivity contribution is 5.76. The highest BCUT2D eigenvalue weighted by atomic mass is 16.5. The Morgan fingerprint density at radius 2 is 2.10 bits per heavy atom. The van der Waals surface area contributed by atoms with Crippen molar-refractivity contribution in [1.82, 2.24) is 4.90 Å². The third-order valence-electron chi connectivity index (χ3n) is 4.09. The van der Waals surface area contributed by atoms with Gasteiger partial charge in [0.25, 0.3) is 0 Å². The van der Waals surface area contributed by atoms with Crippen molar-refractivity contribution in [3.05, 3.63) is 35.4 Å². The van der Waals surface area contributed by atoms with Crippen LogP contribution in [-0.4, -0.2) is 48.3 Å². The Kier molecular flexibility index (Phi) is 5.37. The quantitative estimate of drug-likeness (QED) is 0.902. The van der Waals surface area contributed by atoms with E-state index < -0.39 is 5.60 Å². The molecule has 0 spiro atoms. The maximum atomic E-state index is 12.2. The minimum absolute atomic E-state index is 0.0800. The molecular weight excluding hydrogens is 266 g/mol. The smallest absolute Gasteiger partial charge is 0.222 e. The molecule has 116 valence electrons. The molecule has 21 heavy (non-hydrogen) atoms. The van der Waals surface area contributed by atoms with E-state index in [1.54, 1.807) is 11.9 Å². The maximum Gasteiger partial charge on any atom is 0.222 e. The van der Waals surface area contributed by atoms with Gasteiger partial charge in [0.05, 0.1) is 5.60 Å². The Hall–Kier alpha value is -1.39. The summed E-state index contributed by atoms with van der Waals surface area (Å²) in [6.07, 6.45) is 2.42. The molecule has 1 aromatic rings. The SMILES string of the molecule is Cc1cccc(CCC(=O)N(C)CC2(O)CCOCC2)c1. The summed E-state index contributed by atoms with van der Waals surface area (Å²) in [4.78, 5) is 13.9. The molecule has 0 atom stereocenters. The molecule has 0 bridgehead atoms. The fourth-order valence-electron chi connectivity index (χ4n) is 2.75. The first kappa shape index (κ1) is 16.0. The van der Waals surface area contributed by atoms with E-state index in [1.165, 1.54) is 11.1 Å². The normalized spacial score (nSPS) is 17.5. The molecule has 1 amide bonds. The van der Waals surface area contributed by atoms with Gasteiger partial charge in [-0.25, -0.2) is 0 Å². The summed E-state index contributed by atoms with van der Waals surface area (Å²) < 4.78 is 5.26. The Labute approximate surface area is 126 Å². The first-order chi connectivity index (χ1) is 9.98. The third-order valence-corrected chi connectivity index (χ3v) is 4.09. The van der Waals surface area contributed by atoms with Gasteiger partial charge in [-0.3, -0.25) is 4.79 Å². The topological polar surface area (TPSA) is 49.8 Å². The number of likely N-dealkylation sites (N-methyl/N-ethyl adjacent to an activating group) is 1. The number of benzene rings is 1. The molecule has 0 aliphatic carbocycles. The molecule has 1 aromatic carbocycles. The Morgan fingerprint density at radius 3 is 2.76 bits per heavy atom. The van der Waals surface area contributed by atoms with Crippen LogP contribution < -0.4 is 0 Å². The van der Waals surface area contributed by atoms with Crippen LogP contribution in [0.15, 0.2) is 24.3 Å². The van der Waals surface area contributed by atoms with Gasteiger partial charge in [-0.15, -0.1) is 0 Å². The van der Waals surface area contributed by atoms with Gasteiger partial charge in [0.15, 0.2) is 0 Å². The molecular formula is C17H25NO3. The van der Waals surface area contributed by atoms with Crippen LogP contribution in [0.25, 0.3) is 0 Å². The summed E-state index contributed by atoms with van der Waals surface area (Å²) in [6.45, 7) is 3.59. The number of ether oxygens (including phenoxy) is 1. The predicted molar refractivity (Wildman–Crippen MR) is 82.1 cm³/mol. The van der Waals surface area contributed by atoms with E-state index >= 15 is 0 Å². The molecule has 0 radical (unpaired) electrons. The van der Waals surface area contributed by atoms with Crippen molar-refractivity contribution in [2.75, 3.05) is 26.8 Å². The predicted octanol–water partition coefficient (Wildman–Crippen LogP) is 1.93. The van der Waals surface area contributed by atoms with E-state index in [0.29, 0.717) is 39.0 Å². The molecule has 0 aromatic heterocycles. The van der Waals surface area contributed by atoms with Crippen LogP contribution in [0.5, 0.6) is 0 Å². The summed E-state index contributed by atoms with van der Waals surface area (Å²) >= 11 is 0. The third kappa shape index (κ3) is 4.83. The van der Waals surface area contributed by atoms with E-state index in [9.17, 15) is 9.90 Å². The minimum Gasteiger partial charge on any atom is -0.388 e. The molecule has 1 aliphatic heterocycles. The van der Waals surface area contributed by atoms with Crippen molar-refractivity contribution in [1.29, 1.82) is 0 Å². The Balaban J connectivity index is 1.82. The Bertz CT molecular complexity index is 481. The van der Waals surface area contributed by atoms with Crippen LogP contribution in [0, 0.1) is 6.92 Å². The molecule has 1 aliphatic rings. The second-order valence-electron chi connectivity index (χ2n) is 6.08. The second-order valence-corrected chi connectivity index (χ2v) is 6.08. The first-order valence-corrected chi connectivity index (χ1v) is 7.58. The number of rotatable bonds is 5. The second kappa shape index (κ2) is 7.05. The minimum atomic E-state index is -0.786. The van der Waals surface area contributed by atoms with Crippen LogP contribution in [-0.2, 0) is 16.0 Å². The van der Waals surface area contributed by atoms with Crippen LogP contribution in [0.3, 0.4) is 0 Å². The number of aryl methyl sites for hydroxylation is 2. The molecule has 0 saturated carbocycles. The molecule has 4 nitrogen and oxygen atoms in total. The lowest BCUT2D eigenvalue weighted by Gasteiger charge is -2.35. The van der Waals surface area contributed by atoms with Crippen molar-refractivity contribution in [3.8, 4) is 0 Å². The highest BCUT2D eigenvalue weighted by Crippen LogP contribution is 2.21. The number of hydrogen-bond donors (Lipinski definition) is 1. The zero-order valence-corrected chi connectivity index (χ0v) is 13.0. The Morgan fingerprint density at radius 1 is 1.38 bits per heavy atom. The van der Waals surface area contributed by atoms with E-state index in [2.05, 4.69) is 19.1 Å². The zero-order valence-electron chi connectivity index (χ0n) is 13.0. The number of carbonyl (C=O) groups is 1. The first-order valence-electron chi connectivity index (χ1n) is 7.58. The zero-order chi connectivity index (χ0) is 15.3. The molecule has 1 fully saturated rings. The molecule has 1 heterocycles. The van der Waals surface area contributed by atoms with Gasteiger partial charge in [-0.05, 0) is 18.9 Å². The number of aliphatic hydroxyl groups is 1. The van der Waals surface area contributed by atoms with E-state index in [-0.39, 0.29) is 5.91 Å². The standard InChI is InChI=1S/C17H25NO3/c1-14-4-3-5-15(12-14)6-7-16(19)18(2)13-17(20)8-10-21-11-9-17/h3-5,12,20H,6-11,13H2,1-2H3. The average molecular weight is 291 g/mol. The fraction of sp³-hybridized carbons (Fsp3) is 0.588. The average Bonchev–Trinajstić information content (AvgIpc) is 2.45. The summed E-state index contributed by atoms with van der Waals surface area (Å²) in [5.74, 6) is 0.0800. The van der Waals surface area contributed by atoms with Crippen molar-refractivity contribution in [3.63, 3.8) is 0 Å². The summed E-state index contributed by atoms with van der Waals surface area (Å²) in [5, 5.41) is 10.4.